The second-order valence-electron chi connectivity index (χ2n) is 3.88. The fraction of sp³-hybridized carbons (Fsp3) is 0.700. The molecule has 0 spiro atoms. The first-order valence-corrected chi connectivity index (χ1v) is 8.03. The van der Waals surface area contributed by atoms with Crippen LogP contribution in [-0.4, -0.2) is 30.0 Å². The minimum absolute atomic E-state index is 0.152. The first-order valence-electron chi connectivity index (χ1n) is 5.63. The van der Waals surface area contributed by atoms with Crippen LogP contribution >= 0.6 is 15.9 Å². The highest BCUT2D eigenvalue weighted by Crippen LogP contribution is 2.20. The Morgan fingerprint density at radius 2 is 2.12 bits per heavy atom. The van der Waals surface area contributed by atoms with E-state index in [0.717, 1.165) is 12.8 Å². The molecule has 0 amide bonds. The summed E-state index contributed by atoms with van der Waals surface area (Å²) in [4.78, 5) is 0.320. The lowest BCUT2D eigenvalue weighted by molar-refractivity contribution is 0.471. The molecule has 0 aliphatic carbocycles. The number of halogens is 1. The Morgan fingerprint density at radius 3 is 2.59 bits per heavy atom. The van der Waals surface area contributed by atoms with E-state index < -0.39 is 10.0 Å². The van der Waals surface area contributed by atoms with Gasteiger partial charge in [-0.25, -0.2) is 13.1 Å². The number of aromatic nitrogens is 2. The van der Waals surface area contributed by atoms with Crippen molar-refractivity contribution in [2.75, 3.05) is 6.54 Å². The van der Waals surface area contributed by atoms with Gasteiger partial charge < -0.3 is 0 Å². The van der Waals surface area contributed by atoms with E-state index in [1.54, 1.807) is 0 Å². The molecule has 0 bridgehead atoms. The average Bonchev–Trinajstić information content (AvgIpc) is 2.82. The average molecular weight is 324 g/mol. The van der Waals surface area contributed by atoms with Crippen molar-refractivity contribution in [1.82, 2.24) is 14.9 Å². The third-order valence-electron chi connectivity index (χ3n) is 2.81. The van der Waals surface area contributed by atoms with Crippen molar-refractivity contribution >= 4 is 26.0 Å². The molecule has 0 saturated carbocycles. The van der Waals surface area contributed by atoms with E-state index in [1.807, 2.05) is 0 Å². The van der Waals surface area contributed by atoms with Crippen LogP contribution in [0.3, 0.4) is 0 Å². The van der Waals surface area contributed by atoms with Crippen LogP contribution in [0.1, 0.15) is 26.7 Å². The molecule has 0 fully saturated rings. The predicted octanol–water partition coefficient (Wildman–Crippen LogP) is 1.89. The Kier molecular flexibility index (Phi) is 5.61. The van der Waals surface area contributed by atoms with Crippen LogP contribution in [0.5, 0.6) is 0 Å². The number of nitrogens with zero attached hydrogens (tertiary/aromatic N) is 1. The van der Waals surface area contributed by atoms with E-state index >= 15 is 0 Å². The lowest BCUT2D eigenvalue weighted by Crippen LogP contribution is -2.32. The maximum atomic E-state index is 11.8. The first kappa shape index (κ1) is 14.7. The fourth-order valence-electron chi connectivity index (χ4n) is 1.63. The van der Waals surface area contributed by atoms with Crippen molar-refractivity contribution in [3.8, 4) is 0 Å². The smallest absolute Gasteiger partial charge is 0.243 e. The molecule has 1 aromatic rings. The van der Waals surface area contributed by atoms with Crippen LogP contribution in [0.2, 0.25) is 0 Å². The zero-order valence-electron chi connectivity index (χ0n) is 9.98. The molecule has 1 aromatic heterocycles. The summed E-state index contributed by atoms with van der Waals surface area (Å²) < 4.78 is 26.2. The summed E-state index contributed by atoms with van der Waals surface area (Å²) >= 11 is 3.53. The van der Waals surface area contributed by atoms with Crippen LogP contribution in [0.4, 0.5) is 0 Å². The Hall–Kier alpha value is -0.400. The van der Waals surface area contributed by atoms with Gasteiger partial charge in [-0.15, -0.1) is 0 Å². The molecule has 7 heteroatoms. The second kappa shape index (κ2) is 6.51. The Bertz CT molecular complexity index is 415. The highest BCUT2D eigenvalue weighted by atomic mass is 79.9. The van der Waals surface area contributed by atoms with Gasteiger partial charge in [-0.3, -0.25) is 5.10 Å². The Labute approximate surface area is 111 Å². The number of hydrogen-bond acceptors (Lipinski definition) is 3. The SMILES string of the molecule is CCC(CC)C(Br)CNS(=O)(=O)c1cn[nH]c1. The molecule has 0 aliphatic heterocycles. The highest BCUT2D eigenvalue weighted by Gasteiger charge is 2.20. The van der Waals surface area contributed by atoms with Crippen LogP contribution in [-0.2, 0) is 10.0 Å². The van der Waals surface area contributed by atoms with E-state index in [-0.39, 0.29) is 9.72 Å². The van der Waals surface area contributed by atoms with Crippen molar-refractivity contribution < 1.29 is 8.42 Å². The number of rotatable bonds is 7. The molecule has 17 heavy (non-hydrogen) atoms. The molecule has 98 valence electrons. The van der Waals surface area contributed by atoms with E-state index in [4.69, 9.17) is 0 Å². The van der Waals surface area contributed by atoms with Gasteiger partial charge in [0.1, 0.15) is 4.90 Å². The van der Waals surface area contributed by atoms with Crippen molar-refractivity contribution in [2.45, 2.75) is 36.4 Å². The standard InChI is InChI=1S/C10H18BrN3O2S/c1-3-8(4-2)10(11)7-14-17(15,16)9-5-12-13-6-9/h5-6,8,10,14H,3-4,7H2,1-2H3,(H,12,13). The van der Waals surface area contributed by atoms with Gasteiger partial charge in [0.2, 0.25) is 10.0 Å². The summed E-state index contributed by atoms with van der Waals surface area (Å²) in [6, 6.07) is 0. The summed E-state index contributed by atoms with van der Waals surface area (Å²) in [6.07, 6.45) is 4.71. The van der Waals surface area contributed by atoms with E-state index in [9.17, 15) is 8.42 Å². The minimum Gasteiger partial charge on any atom is -0.284 e. The minimum atomic E-state index is -3.44. The van der Waals surface area contributed by atoms with Crippen molar-refractivity contribution in [3.63, 3.8) is 0 Å². The largest absolute Gasteiger partial charge is 0.284 e. The molecule has 5 nitrogen and oxygen atoms in total. The first-order chi connectivity index (χ1) is 8.01. The van der Waals surface area contributed by atoms with Crippen molar-refractivity contribution in [2.24, 2.45) is 5.92 Å². The number of H-pyrrole nitrogens is 1. The third kappa shape index (κ3) is 4.08. The highest BCUT2D eigenvalue weighted by molar-refractivity contribution is 9.09. The molecule has 1 heterocycles. The molecule has 1 rings (SSSR count). The predicted molar refractivity (Wildman–Crippen MR) is 70.6 cm³/mol. The van der Waals surface area contributed by atoms with Gasteiger partial charge in [-0.1, -0.05) is 42.6 Å². The molecule has 1 unspecified atom stereocenters. The van der Waals surface area contributed by atoms with Crippen LogP contribution < -0.4 is 4.72 Å². The van der Waals surface area contributed by atoms with Crippen LogP contribution in [0, 0.1) is 5.92 Å². The molecule has 1 atom stereocenters. The van der Waals surface area contributed by atoms with Crippen LogP contribution in [0.25, 0.3) is 0 Å². The van der Waals surface area contributed by atoms with Gasteiger partial charge in [-0.05, 0) is 5.92 Å². The van der Waals surface area contributed by atoms with Gasteiger partial charge in [-0.2, -0.15) is 5.10 Å². The lowest BCUT2D eigenvalue weighted by Gasteiger charge is -2.19. The number of aromatic amines is 1. The van der Waals surface area contributed by atoms with E-state index in [2.05, 4.69) is 44.7 Å². The number of sulfonamides is 1. The monoisotopic (exact) mass is 323 g/mol. The third-order valence-corrected chi connectivity index (χ3v) is 5.27. The molecular formula is C10H18BrN3O2S. The summed E-state index contributed by atoms with van der Waals surface area (Å²) in [5.41, 5.74) is 0. The van der Waals surface area contributed by atoms with Gasteiger partial charge in [0.25, 0.3) is 0 Å². The molecule has 0 aromatic carbocycles. The van der Waals surface area contributed by atoms with E-state index in [0.29, 0.717) is 12.5 Å². The van der Waals surface area contributed by atoms with Crippen molar-refractivity contribution in [3.05, 3.63) is 12.4 Å². The molecule has 0 aliphatic rings. The Morgan fingerprint density at radius 1 is 1.47 bits per heavy atom. The zero-order chi connectivity index (χ0) is 12.9. The number of alkyl halides is 1. The van der Waals surface area contributed by atoms with Gasteiger partial charge in [0, 0.05) is 17.6 Å². The van der Waals surface area contributed by atoms with Gasteiger partial charge in [0.15, 0.2) is 0 Å². The maximum absolute atomic E-state index is 11.8. The lowest BCUT2D eigenvalue weighted by atomic mass is 10.00. The fourth-order valence-corrected chi connectivity index (χ4v) is 3.71. The van der Waals surface area contributed by atoms with Gasteiger partial charge >= 0.3 is 0 Å². The molecule has 2 N–H and O–H groups in total. The van der Waals surface area contributed by atoms with Crippen molar-refractivity contribution in [1.29, 1.82) is 0 Å². The number of nitrogens with one attached hydrogen (secondary N) is 2. The van der Waals surface area contributed by atoms with E-state index in [1.165, 1.54) is 12.4 Å². The topological polar surface area (TPSA) is 74.8 Å². The molecular weight excluding hydrogens is 306 g/mol. The normalized spacial score (nSPS) is 14.1. The summed E-state index contributed by atoms with van der Waals surface area (Å²) in [5.74, 6) is 0.474. The zero-order valence-corrected chi connectivity index (χ0v) is 12.4. The Balaban J connectivity index is 2.56. The van der Waals surface area contributed by atoms with Gasteiger partial charge in [0.05, 0.1) is 6.20 Å². The summed E-state index contributed by atoms with van der Waals surface area (Å²) in [6.45, 7) is 4.60. The quantitative estimate of drug-likeness (QED) is 0.752. The summed E-state index contributed by atoms with van der Waals surface area (Å²) in [5, 5.41) is 6.11. The number of hydrogen-bond donors (Lipinski definition) is 2. The molecule has 0 radical (unpaired) electrons. The maximum Gasteiger partial charge on any atom is 0.243 e. The second-order valence-corrected chi connectivity index (χ2v) is 6.82. The summed E-state index contributed by atoms with van der Waals surface area (Å²) in [7, 11) is -3.44. The molecule has 0 saturated heterocycles. The van der Waals surface area contributed by atoms with Crippen LogP contribution in [0.15, 0.2) is 17.3 Å².